The van der Waals surface area contributed by atoms with Crippen molar-refractivity contribution in [2.75, 3.05) is 0 Å². The van der Waals surface area contributed by atoms with Crippen molar-refractivity contribution in [1.82, 2.24) is 10.2 Å². The van der Waals surface area contributed by atoms with Gasteiger partial charge in [0.2, 0.25) is 0 Å². The first kappa shape index (κ1) is 11.7. The molecule has 19 heavy (non-hydrogen) atoms. The monoisotopic (exact) mass is 250 g/mol. The van der Waals surface area contributed by atoms with Gasteiger partial charge in [0.05, 0.1) is 5.69 Å². The molecular weight excluding hydrogens is 234 g/mol. The molecule has 0 radical (unpaired) electrons. The predicted octanol–water partition coefficient (Wildman–Crippen LogP) is 2.72. The van der Waals surface area contributed by atoms with Gasteiger partial charge in [0.1, 0.15) is 0 Å². The summed E-state index contributed by atoms with van der Waals surface area (Å²) in [5, 5.41) is 7.23. The van der Waals surface area contributed by atoms with E-state index in [1.54, 1.807) is 0 Å². The lowest BCUT2D eigenvalue weighted by Crippen LogP contribution is -2.32. The fourth-order valence-electron chi connectivity index (χ4n) is 2.09. The van der Waals surface area contributed by atoms with Gasteiger partial charge in [0.25, 0.3) is 0 Å². The summed E-state index contributed by atoms with van der Waals surface area (Å²) in [7, 11) is 0. The Hall–Kier alpha value is -2.42. The van der Waals surface area contributed by atoms with E-state index in [1.165, 1.54) is 5.56 Å². The third-order valence-corrected chi connectivity index (χ3v) is 3.10. The average molecular weight is 250 g/mol. The van der Waals surface area contributed by atoms with Gasteiger partial charge in [0, 0.05) is 29.0 Å². The Balaban J connectivity index is 1.79. The Morgan fingerprint density at radius 3 is 2.42 bits per heavy atom. The topological polar surface area (TPSA) is 32.6 Å². The molecule has 2 aromatic heterocycles. The Labute approximate surface area is 112 Å². The molecule has 0 aliphatic heterocycles. The fraction of sp³-hybridized carbons (Fsp3) is 0.125. The van der Waals surface area contributed by atoms with Crippen molar-refractivity contribution in [3.63, 3.8) is 0 Å². The van der Waals surface area contributed by atoms with Crippen molar-refractivity contribution < 1.29 is 4.57 Å². The molecule has 3 heteroatoms. The van der Waals surface area contributed by atoms with Crippen molar-refractivity contribution >= 4 is 0 Å². The van der Waals surface area contributed by atoms with Crippen LogP contribution in [0.2, 0.25) is 0 Å². The van der Waals surface area contributed by atoms with E-state index in [0.29, 0.717) is 0 Å². The second-order valence-electron chi connectivity index (χ2n) is 4.68. The van der Waals surface area contributed by atoms with Crippen molar-refractivity contribution in [3.8, 4) is 11.3 Å². The first-order valence-corrected chi connectivity index (χ1v) is 6.37. The van der Waals surface area contributed by atoms with Crippen LogP contribution < -0.4 is 4.57 Å². The van der Waals surface area contributed by atoms with Gasteiger partial charge in [0.15, 0.2) is 18.9 Å². The highest BCUT2D eigenvalue weighted by atomic mass is 15.1. The second-order valence-corrected chi connectivity index (χ2v) is 4.68. The molecule has 94 valence electrons. The first-order chi connectivity index (χ1) is 9.31. The summed E-state index contributed by atoms with van der Waals surface area (Å²) in [6.07, 6.45) is 4.18. The summed E-state index contributed by atoms with van der Waals surface area (Å²) in [4.78, 5) is 0. The summed E-state index contributed by atoms with van der Waals surface area (Å²) in [5.74, 6) is 0. The van der Waals surface area contributed by atoms with Gasteiger partial charge in [-0.1, -0.05) is 30.3 Å². The molecule has 1 aromatic carbocycles. The molecule has 2 heterocycles. The highest BCUT2D eigenvalue weighted by Crippen LogP contribution is 2.15. The molecule has 0 atom stereocenters. The minimum Gasteiger partial charge on any atom is -0.282 e. The smallest absolute Gasteiger partial charge is 0.173 e. The standard InChI is InChI=1S/C16H15N3/c1-13-11-16(18-17-13)15-7-9-19(10-8-15)12-14-5-3-2-4-6-14/h2-11H,12H2,1H3/p+1. The van der Waals surface area contributed by atoms with Crippen LogP contribution in [0.15, 0.2) is 60.9 Å². The number of nitrogens with one attached hydrogen (secondary N) is 1. The van der Waals surface area contributed by atoms with Crippen molar-refractivity contribution in [2.24, 2.45) is 0 Å². The van der Waals surface area contributed by atoms with Gasteiger partial charge in [-0.25, -0.2) is 4.57 Å². The molecule has 0 fully saturated rings. The molecule has 3 rings (SSSR count). The van der Waals surface area contributed by atoms with E-state index >= 15 is 0 Å². The highest BCUT2D eigenvalue weighted by Gasteiger charge is 2.05. The lowest BCUT2D eigenvalue weighted by molar-refractivity contribution is -0.688. The molecule has 1 N–H and O–H groups in total. The normalized spacial score (nSPS) is 10.6. The van der Waals surface area contributed by atoms with E-state index in [2.05, 4.69) is 69.6 Å². The minimum atomic E-state index is 0.890. The number of hydrogen-bond acceptors (Lipinski definition) is 1. The van der Waals surface area contributed by atoms with Gasteiger partial charge >= 0.3 is 0 Å². The minimum absolute atomic E-state index is 0.890. The predicted molar refractivity (Wildman–Crippen MR) is 74.5 cm³/mol. The van der Waals surface area contributed by atoms with E-state index < -0.39 is 0 Å². The van der Waals surface area contributed by atoms with E-state index in [-0.39, 0.29) is 0 Å². The van der Waals surface area contributed by atoms with Crippen LogP contribution in [-0.2, 0) is 6.54 Å². The molecule has 0 unspecified atom stereocenters. The number of rotatable bonds is 3. The van der Waals surface area contributed by atoms with Crippen LogP contribution in [0.25, 0.3) is 11.3 Å². The van der Waals surface area contributed by atoms with Gasteiger partial charge in [-0.3, -0.25) is 5.10 Å². The zero-order valence-corrected chi connectivity index (χ0v) is 10.9. The third kappa shape index (κ3) is 2.71. The van der Waals surface area contributed by atoms with Crippen LogP contribution in [0.5, 0.6) is 0 Å². The molecule has 0 spiro atoms. The van der Waals surface area contributed by atoms with Gasteiger partial charge < -0.3 is 0 Å². The number of hydrogen-bond donors (Lipinski definition) is 1. The SMILES string of the molecule is Cc1cc(-c2cc[n+](Cc3ccccc3)cc2)n[nH]1. The Morgan fingerprint density at radius 2 is 1.79 bits per heavy atom. The zero-order valence-electron chi connectivity index (χ0n) is 10.9. The summed E-state index contributed by atoms with van der Waals surface area (Å²) < 4.78 is 2.17. The van der Waals surface area contributed by atoms with E-state index in [0.717, 1.165) is 23.5 Å². The Morgan fingerprint density at radius 1 is 1.05 bits per heavy atom. The largest absolute Gasteiger partial charge is 0.282 e. The van der Waals surface area contributed by atoms with E-state index in [4.69, 9.17) is 0 Å². The zero-order chi connectivity index (χ0) is 13.1. The number of aromatic nitrogens is 3. The number of nitrogens with zero attached hydrogens (tertiary/aromatic N) is 2. The van der Waals surface area contributed by atoms with Crippen LogP contribution in [0, 0.1) is 6.92 Å². The molecule has 0 amide bonds. The quantitative estimate of drug-likeness (QED) is 0.712. The van der Waals surface area contributed by atoms with Gasteiger partial charge in [-0.15, -0.1) is 0 Å². The number of pyridine rings is 1. The molecule has 0 aliphatic carbocycles. The summed E-state index contributed by atoms with van der Waals surface area (Å²) in [5.41, 5.74) is 4.50. The number of H-pyrrole nitrogens is 1. The first-order valence-electron chi connectivity index (χ1n) is 6.37. The average Bonchev–Trinajstić information content (AvgIpc) is 2.87. The van der Waals surface area contributed by atoms with Gasteiger partial charge in [-0.2, -0.15) is 5.10 Å². The number of aromatic amines is 1. The Bertz CT molecular complexity index is 654. The van der Waals surface area contributed by atoms with Crippen LogP contribution >= 0.6 is 0 Å². The molecule has 3 aromatic rings. The molecule has 0 saturated carbocycles. The molecule has 0 aliphatic rings. The van der Waals surface area contributed by atoms with E-state index in [1.807, 2.05) is 13.0 Å². The summed E-state index contributed by atoms with van der Waals surface area (Å²) >= 11 is 0. The van der Waals surface area contributed by atoms with Crippen molar-refractivity contribution in [2.45, 2.75) is 13.5 Å². The lowest BCUT2D eigenvalue weighted by Gasteiger charge is -1.98. The summed E-state index contributed by atoms with van der Waals surface area (Å²) in [6, 6.07) is 16.7. The maximum absolute atomic E-state index is 4.27. The highest BCUT2D eigenvalue weighted by molar-refractivity contribution is 5.57. The van der Waals surface area contributed by atoms with Gasteiger partial charge in [-0.05, 0) is 13.0 Å². The van der Waals surface area contributed by atoms with Crippen LogP contribution in [0.4, 0.5) is 0 Å². The maximum atomic E-state index is 4.27. The Kier molecular flexibility index (Phi) is 3.11. The fourth-order valence-corrected chi connectivity index (χ4v) is 2.09. The number of aryl methyl sites for hydroxylation is 1. The second kappa shape index (κ2) is 5.06. The molecular formula is C16H16N3+. The lowest BCUT2D eigenvalue weighted by atomic mass is 10.2. The molecule has 0 bridgehead atoms. The van der Waals surface area contributed by atoms with Crippen molar-refractivity contribution in [3.05, 3.63) is 72.2 Å². The van der Waals surface area contributed by atoms with Crippen LogP contribution in [-0.4, -0.2) is 10.2 Å². The third-order valence-electron chi connectivity index (χ3n) is 3.10. The van der Waals surface area contributed by atoms with E-state index in [9.17, 15) is 0 Å². The molecule has 0 saturated heterocycles. The van der Waals surface area contributed by atoms with Crippen LogP contribution in [0.1, 0.15) is 11.3 Å². The van der Waals surface area contributed by atoms with Crippen molar-refractivity contribution in [1.29, 1.82) is 0 Å². The molecule has 3 nitrogen and oxygen atoms in total. The summed E-state index contributed by atoms with van der Waals surface area (Å²) in [6.45, 7) is 2.90. The van der Waals surface area contributed by atoms with Crippen LogP contribution in [0.3, 0.4) is 0 Å². The maximum Gasteiger partial charge on any atom is 0.173 e. The number of benzene rings is 1.